The van der Waals surface area contributed by atoms with E-state index in [4.69, 9.17) is 4.52 Å². The smallest absolute Gasteiger partial charge is 0.339 e. The van der Waals surface area contributed by atoms with Gasteiger partial charge in [-0.3, -0.25) is 0 Å². The molecule has 7 heteroatoms. The van der Waals surface area contributed by atoms with Crippen molar-refractivity contribution < 1.29 is 17.7 Å². The Balaban J connectivity index is 1.86. The van der Waals surface area contributed by atoms with Crippen molar-refractivity contribution in [2.24, 2.45) is 0 Å². The third-order valence-corrected chi connectivity index (χ3v) is 3.54. The number of hydrogen-bond acceptors (Lipinski definition) is 4. The number of hydrogen-bond donors (Lipinski definition) is 1. The molecule has 1 atom stereocenters. The monoisotopic (exact) mass is 297 g/mol. The van der Waals surface area contributed by atoms with Crippen molar-refractivity contribution in [3.8, 4) is 11.4 Å². The molecule has 4 nitrogen and oxygen atoms in total. The minimum atomic E-state index is -4.38. The SMILES string of the molecule is FC(F)(F)c1cccc(-c2noc(C3CCCNC3)n2)c1. The molecule has 0 saturated carbocycles. The second kappa shape index (κ2) is 5.48. The molecule has 21 heavy (non-hydrogen) atoms. The average Bonchev–Trinajstić information content (AvgIpc) is 2.97. The standard InChI is InChI=1S/C14H14F3N3O/c15-14(16,17)11-5-1-3-9(7-11)12-19-13(21-20-12)10-4-2-6-18-8-10/h1,3,5,7,10,18H,2,4,6,8H2. The summed E-state index contributed by atoms with van der Waals surface area (Å²) in [5.41, 5.74) is -0.408. The van der Waals surface area contributed by atoms with E-state index in [0.29, 0.717) is 11.5 Å². The molecule has 112 valence electrons. The lowest BCUT2D eigenvalue weighted by Crippen LogP contribution is -2.28. The highest BCUT2D eigenvalue weighted by molar-refractivity contribution is 5.55. The van der Waals surface area contributed by atoms with E-state index in [-0.39, 0.29) is 11.7 Å². The van der Waals surface area contributed by atoms with Crippen LogP contribution in [0.2, 0.25) is 0 Å². The summed E-state index contributed by atoms with van der Waals surface area (Å²) >= 11 is 0. The number of halogens is 3. The number of piperidine rings is 1. The lowest BCUT2D eigenvalue weighted by Gasteiger charge is -2.18. The summed E-state index contributed by atoms with van der Waals surface area (Å²) in [5.74, 6) is 0.807. The Morgan fingerprint density at radius 1 is 1.29 bits per heavy atom. The van der Waals surface area contributed by atoms with Gasteiger partial charge < -0.3 is 9.84 Å². The van der Waals surface area contributed by atoms with E-state index in [1.807, 2.05) is 0 Å². The van der Waals surface area contributed by atoms with Gasteiger partial charge in [-0.2, -0.15) is 18.2 Å². The van der Waals surface area contributed by atoms with Gasteiger partial charge in [0.05, 0.1) is 11.5 Å². The summed E-state index contributed by atoms with van der Waals surface area (Å²) in [6.07, 6.45) is -2.42. The predicted octanol–water partition coefficient (Wildman–Crippen LogP) is 3.22. The molecule has 0 radical (unpaired) electrons. The second-order valence-corrected chi connectivity index (χ2v) is 5.08. The fourth-order valence-corrected chi connectivity index (χ4v) is 2.42. The minimum absolute atomic E-state index is 0.130. The van der Waals surface area contributed by atoms with E-state index in [1.165, 1.54) is 6.07 Å². The topological polar surface area (TPSA) is 51.0 Å². The van der Waals surface area contributed by atoms with Gasteiger partial charge in [-0.15, -0.1) is 0 Å². The molecule has 0 bridgehead atoms. The first-order valence-corrected chi connectivity index (χ1v) is 6.76. The van der Waals surface area contributed by atoms with Gasteiger partial charge in [0.25, 0.3) is 0 Å². The summed E-state index contributed by atoms with van der Waals surface area (Å²) in [5, 5.41) is 7.04. The maximum absolute atomic E-state index is 12.7. The van der Waals surface area contributed by atoms with Crippen molar-refractivity contribution in [2.75, 3.05) is 13.1 Å². The molecule has 1 aliphatic rings. The molecule has 0 aliphatic carbocycles. The first-order chi connectivity index (χ1) is 10.0. The molecule has 2 heterocycles. The van der Waals surface area contributed by atoms with Crippen molar-refractivity contribution in [3.05, 3.63) is 35.7 Å². The van der Waals surface area contributed by atoms with Crippen LogP contribution in [0.4, 0.5) is 13.2 Å². The molecular formula is C14H14F3N3O. The zero-order valence-electron chi connectivity index (χ0n) is 11.2. The van der Waals surface area contributed by atoms with Gasteiger partial charge in [-0.25, -0.2) is 0 Å². The molecule has 1 aliphatic heterocycles. The Morgan fingerprint density at radius 2 is 2.14 bits per heavy atom. The molecule has 1 fully saturated rings. The molecule has 1 saturated heterocycles. The maximum atomic E-state index is 12.7. The molecular weight excluding hydrogens is 283 g/mol. The molecule has 1 aromatic heterocycles. The van der Waals surface area contributed by atoms with Gasteiger partial charge in [0.2, 0.25) is 11.7 Å². The fraction of sp³-hybridized carbons (Fsp3) is 0.429. The van der Waals surface area contributed by atoms with Crippen LogP contribution in [0.3, 0.4) is 0 Å². The van der Waals surface area contributed by atoms with E-state index in [2.05, 4.69) is 15.5 Å². The van der Waals surface area contributed by atoms with Crippen molar-refractivity contribution in [3.63, 3.8) is 0 Å². The van der Waals surface area contributed by atoms with Crippen molar-refractivity contribution >= 4 is 0 Å². The molecule has 1 N–H and O–H groups in total. The van der Waals surface area contributed by atoms with Gasteiger partial charge >= 0.3 is 6.18 Å². The number of nitrogens with one attached hydrogen (secondary N) is 1. The number of benzene rings is 1. The van der Waals surface area contributed by atoms with Crippen LogP contribution in [0.1, 0.15) is 30.2 Å². The van der Waals surface area contributed by atoms with Crippen LogP contribution in [0, 0.1) is 0 Å². The van der Waals surface area contributed by atoms with E-state index in [1.54, 1.807) is 6.07 Å². The van der Waals surface area contributed by atoms with E-state index in [9.17, 15) is 13.2 Å². The summed E-state index contributed by atoms with van der Waals surface area (Å²) in [6.45, 7) is 1.72. The van der Waals surface area contributed by atoms with Crippen LogP contribution >= 0.6 is 0 Å². The zero-order chi connectivity index (χ0) is 14.9. The second-order valence-electron chi connectivity index (χ2n) is 5.08. The van der Waals surface area contributed by atoms with Crippen molar-refractivity contribution in [1.82, 2.24) is 15.5 Å². The highest BCUT2D eigenvalue weighted by Gasteiger charge is 2.31. The number of aromatic nitrogens is 2. The van der Waals surface area contributed by atoms with Crippen molar-refractivity contribution in [1.29, 1.82) is 0 Å². The largest absolute Gasteiger partial charge is 0.416 e. The van der Waals surface area contributed by atoms with Crippen molar-refractivity contribution in [2.45, 2.75) is 24.9 Å². The summed E-state index contributed by atoms with van der Waals surface area (Å²) < 4.78 is 43.3. The van der Waals surface area contributed by atoms with Gasteiger partial charge in [0, 0.05) is 12.1 Å². The quantitative estimate of drug-likeness (QED) is 0.924. The molecule has 3 rings (SSSR count). The Bertz CT molecular complexity index is 618. The summed E-state index contributed by atoms with van der Waals surface area (Å²) in [7, 11) is 0. The van der Waals surface area contributed by atoms with Crippen LogP contribution in [0.25, 0.3) is 11.4 Å². The van der Waals surface area contributed by atoms with Gasteiger partial charge in [0.1, 0.15) is 0 Å². The maximum Gasteiger partial charge on any atom is 0.416 e. The first-order valence-electron chi connectivity index (χ1n) is 6.76. The number of alkyl halides is 3. The van der Waals surface area contributed by atoms with Crippen LogP contribution in [0.5, 0.6) is 0 Å². The van der Waals surface area contributed by atoms with Crippen LogP contribution in [0.15, 0.2) is 28.8 Å². The molecule has 0 amide bonds. The Morgan fingerprint density at radius 3 is 2.86 bits per heavy atom. The third kappa shape index (κ3) is 3.07. The summed E-state index contributed by atoms with van der Waals surface area (Å²) in [4.78, 5) is 4.24. The lowest BCUT2D eigenvalue weighted by molar-refractivity contribution is -0.137. The first kappa shape index (κ1) is 14.1. The Hall–Kier alpha value is -1.89. The number of nitrogens with zero attached hydrogens (tertiary/aromatic N) is 2. The fourth-order valence-electron chi connectivity index (χ4n) is 2.42. The molecule has 1 aromatic carbocycles. The predicted molar refractivity (Wildman–Crippen MR) is 69.6 cm³/mol. The Labute approximate surface area is 119 Å². The van der Waals surface area contributed by atoms with Crippen LogP contribution < -0.4 is 5.32 Å². The van der Waals surface area contributed by atoms with Gasteiger partial charge in [0.15, 0.2) is 0 Å². The molecule has 0 spiro atoms. The van der Waals surface area contributed by atoms with E-state index < -0.39 is 11.7 Å². The van der Waals surface area contributed by atoms with Crippen LogP contribution in [-0.4, -0.2) is 23.2 Å². The van der Waals surface area contributed by atoms with E-state index >= 15 is 0 Å². The lowest BCUT2D eigenvalue weighted by atomic mass is 10.00. The molecule has 1 unspecified atom stereocenters. The van der Waals surface area contributed by atoms with Gasteiger partial charge in [-0.1, -0.05) is 17.3 Å². The highest BCUT2D eigenvalue weighted by Crippen LogP contribution is 2.32. The Kier molecular flexibility index (Phi) is 3.67. The average molecular weight is 297 g/mol. The minimum Gasteiger partial charge on any atom is -0.339 e. The third-order valence-electron chi connectivity index (χ3n) is 3.54. The van der Waals surface area contributed by atoms with Crippen LogP contribution in [-0.2, 0) is 6.18 Å². The highest BCUT2D eigenvalue weighted by atomic mass is 19.4. The van der Waals surface area contributed by atoms with Gasteiger partial charge in [-0.05, 0) is 31.5 Å². The number of rotatable bonds is 2. The zero-order valence-corrected chi connectivity index (χ0v) is 11.2. The molecule has 2 aromatic rings. The normalized spacial score (nSPS) is 19.7. The summed E-state index contributed by atoms with van der Waals surface area (Å²) in [6, 6.07) is 4.95. The van der Waals surface area contributed by atoms with E-state index in [0.717, 1.165) is 38.1 Å².